The topological polar surface area (TPSA) is 145 Å². The molecule has 0 radical (unpaired) electrons. The van der Waals surface area contributed by atoms with Crippen molar-refractivity contribution in [3.8, 4) is 0 Å². The third-order valence-electron chi connectivity index (χ3n) is 3.29. The van der Waals surface area contributed by atoms with Crippen molar-refractivity contribution in [2.24, 2.45) is 5.73 Å². The summed E-state index contributed by atoms with van der Waals surface area (Å²) in [5.74, 6) is 0.261. The van der Waals surface area contributed by atoms with E-state index >= 15 is 0 Å². The SMILES string of the molecule is NC[C@@H]1O[C@@H](n2nc(Br)c3c(N)ncnc32)[C@H](O)[C@@H]1O. The van der Waals surface area contributed by atoms with Crippen LogP contribution in [0.15, 0.2) is 10.9 Å². The second-order valence-corrected chi connectivity index (χ2v) is 5.23. The number of aliphatic hydroxyl groups is 2. The van der Waals surface area contributed by atoms with Gasteiger partial charge in [0.1, 0.15) is 35.1 Å². The summed E-state index contributed by atoms with van der Waals surface area (Å²) in [5.41, 5.74) is 11.7. The van der Waals surface area contributed by atoms with Crippen molar-refractivity contribution in [1.82, 2.24) is 19.7 Å². The highest BCUT2D eigenvalue weighted by Gasteiger charge is 2.44. The molecule has 9 nitrogen and oxygen atoms in total. The second kappa shape index (κ2) is 4.90. The Labute approximate surface area is 121 Å². The van der Waals surface area contributed by atoms with Gasteiger partial charge in [0.2, 0.25) is 0 Å². The maximum Gasteiger partial charge on any atom is 0.181 e. The van der Waals surface area contributed by atoms with Gasteiger partial charge >= 0.3 is 0 Å². The molecule has 2 aromatic heterocycles. The maximum absolute atomic E-state index is 10.1. The quantitative estimate of drug-likeness (QED) is 0.528. The van der Waals surface area contributed by atoms with Crippen LogP contribution in [0.5, 0.6) is 0 Å². The standard InChI is InChI=1S/C10H13BrN6O3/c11-7-4-8(13)14-2-15-9(4)17(16-7)10-6(19)5(18)3(1-12)20-10/h2-3,5-6,10,18-19H,1,12H2,(H2,13,14,15)/t3-,5+,6+,10+/m0/s1. The number of hydrogen-bond acceptors (Lipinski definition) is 8. The normalized spacial score (nSPS) is 30.2. The van der Waals surface area contributed by atoms with E-state index in [0.29, 0.717) is 15.6 Å². The van der Waals surface area contributed by atoms with Gasteiger partial charge in [0.25, 0.3) is 0 Å². The van der Waals surface area contributed by atoms with Crippen molar-refractivity contribution in [2.75, 3.05) is 12.3 Å². The van der Waals surface area contributed by atoms with Gasteiger partial charge in [-0.2, -0.15) is 5.10 Å². The first-order valence-electron chi connectivity index (χ1n) is 5.90. The van der Waals surface area contributed by atoms with Crippen LogP contribution in [0.3, 0.4) is 0 Å². The van der Waals surface area contributed by atoms with Crippen molar-refractivity contribution >= 4 is 32.8 Å². The molecule has 108 valence electrons. The number of fused-ring (bicyclic) bond motifs is 1. The van der Waals surface area contributed by atoms with Gasteiger partial charge in [0.15, 0.2) is 11.9 Å². The summed E-state index contributed by atoms with van der Waals surface area (Å²) < 4.78 is 7.34. The minimum atomic E-state index is -1.16. The number of nitrogens with two attached hydrogens (primary N) is 2. The monoisotopic (exact) mass is 344 g/mol. The molecule has 0 saturated carbocycles. The smallest absolute Gasteiger partial charge is 0.181 e. The Kier molecular flexibility index (Phi) is 3.34. The highest BCUT2D eigenvalue weighted by atomic mass is 79.9. The average molecular weight is 345 g/mol. The highest BCUT2D eigenvalue weighted by molar-refractivity contribution is 9.10. The molecule has 10 heteroatoms. The molecule has 4 atom stereocenters. The minimum Gasteiger partial charge on any atom is -0.387 e. The van der Waals surface area contributed by atoms with E-state index in [0.717, 1.165) is 0 Å². The Balaban J connectivity index is 2.10. The van der Waals surface area contributed by atoms with Crippen LogP contribution >= 0.6 is 15.9 Å². The number of rotatable bonds is 2. The molecule has 1 fully saturated rings. The van der Waals surface area contributed by atoms with Crippen LogP contribution in [-0.4, -0.2) is 54.8 Å². The van der Waals surface area contributed by atoms with Gasteiger partial charge in [-0.3, -0.25) is 0 Å². The summed E-state index contributed by atoms with van der Waals surface area (Å²) in [6.07, 6.45) is -2.49. The van der Waals surface area contributed by atoms with Crippen LogP contribution in [0.4, 0.5) is 5.82 Å². The molecule has 0 bridgehead atoms. The van der Waals surface area contributed by atoms with Crippen LogP contribution < -0.4 is 11.5 Å². The van der Waals surface area contributed by atoms with E-state index in [1.54, 1.807) is 0 Å². The first kappa shape index (κ1) is 13.6. The number of anilines is 1. The highest BCUT2D eigenvalue weighted by Crippen LogP contribution is 2.34. The maximum atomic E-state index is 10.1. The summed E-state index contributed by atoms with van der Waals surface area (Å²) in [6, 6.07) is 0. The summed E-state index contributed by atoms with van der Waals surface area (Å²) in [6.45, 7) is 0.0895. The van der Waals surface area contributed by atoms with Gasteiger partial charge in [-0.25, -0.2) is 14.6 Å². The van der Waals surface area contributed by atoms with Crippen molar-refractivity contribution in [2.45, 2.75) is 24.5 Å². The van der Waals surface area contributed by atoms with Gasteiger partial charge in [-0.15, -0.1) is 0 Å². The fourth-order valence-corrected chi connectivity index (χ4v) is 2.81. The van der Waals surface area contributed by atoms with Crippen LogP contribution in [-0.2, 0) is 4.74 Å². The van der Waals surface area contributed by atoms with E-state index < -0.39 is 24.5 Å². The van der Waals surface area contributed by atoms with E-state index in [1.165, 1.54) is 11.0 Å². The Morgan fingerprint density at radius 1 is 1.35 bits per heavy atom. The summed E-state index contributed by atoms with van der Waals surface area (Å²) in [7, 11) is 0. The zero-order valence-electron chi connectivity index (χ0n) is 10.2. The molecule has 0 amide bonds. The molecule has 6 N–H and O–H groups in total. The van der Waals surface area contributed by atoms with Crippen LogP contribution in [0.2, 0.25) is 0 Å². The number of halogens is 1. The number of ether oxygens (including phenoxy) is 1. The molecular weight excluding hydrogens is 332 g/mol. The zero-order valence-corrected chi connectivity index (χ0v) is 11.8. The fraction of sp³-hybridized carbons (Fsp3) is 0.500. The third kappa shape index (κ3) is 1.88. The predicted octanol–water partition coefficient (Wildman–Crippen LogP) is -1.25. The molecule has 20 heavy (non-hydrogen) atoms. The fourth-order valence-electron chi connectivity index (χ4n) is 2.26. The van der Waals surface area contributed by atoms with E-state index in [-0.39, 0.29) is 12.4 Å². The molecule has 1 aliphatic rings. The lowest BCUT2D eigenvalue weighted by molar-refractivity contribution is -0.0395. The van der Waals surface area contributed by atoms with Gasteiger partial charge in [-0.1, -0.05) is 0 Å². The zero-order chi connectivity index (χ0) is 14.4. The molecule has 2 aromatic rings. The minimum absolute atomic E-state index is 0.0895. The lowest BCUT2D eigenvalue weighted by atomic mass is 10.1. The summed E-state index contributed by atoms with van der Waals surface area (Å²) in [5, 5.41) is 24.6. The molecule has 0 aliphatic carbocycles. The van der Waals surface area contributed by atoms with Crippen molar-refractivity contribution in [3.05, 3.63) is 10.9 Å². The van der Waals surface area contributed by atoms with E-state index in [4.69, 9.17) is 16.2 Å². The van der Waals surface area contributed by atoms with Crippen molar-refractivity contribution in [3.63, 3.8) is 0 Å². The van der Waals surface area contributed by atoms with Crippen LogP contribution in [0, 0.1) is 0 Å². The van der Waals surface area contributed by atoms with Gasteiger partial charge in [0.05, 0.1) is 5.39 Å². The predicted molar refractivity (Wildman–Crippen MR) is 72.4 cm³/mol. The van der Waals surface area contributed by atoms with Gasteiger partial charge in [-0.05, 0) is 15.9 Å². The summed E-state index contributed by atoms with van der Waals surface area (Å²) >= 11 is 3.27. The number of nitrogen functional groups attached to an aromatic ring is 1. The van der Waals surface area contributed by atoms with E-state index in [2.05, 4.69) is 31.0 Å². The van der Waals surface area contributed by atoms with E-state index in [9.17, 15) is 10.2 Å². The largest absolute Gasteiger partial charge is 0.387 e. The number of aromatic nitrogens is 4. The molecule has 0 spiro atoms. The molecule has 0 unspecified atom stereocenters. The first-order valence-corrected chi connectivity index (χ1v) is 6.69. The van der Waals surface area contributed by atoms with Crippen molar-refractivity contribution in [1.29, 1.82) is 0 Å². The first-order chi connectivity index (χ1) is 9.54. The molecular formula is C10H13BrN6O3. The van der Waals surface area contributed by atoms with Crippen LogP contribution in [0.1, 0.15) is 6.23 Å². The van der Waals surface area contributed by atoms with E-state index in [1.807, 2.05) is 0 Å². The Hall–Kier alpha value is -1.33. The average Bonchev–Trinajstić information content (AvgIpc) is 2.90. The second-order valence-electron chi connectivity index (χ2n) is 4.47. The van der Waals surface area contributed by atoms with Crippen molar-refractivity contribution < 1.29 is 14.9 Å². The molecule has 1 aliphatic heterocycles. The number of aliphatic hydroxyl groups excluding tert-OH is 2. The van der Waals surface area contributed by atoms with Crippen LogP contribution in [0.25, 0.3) is 11.0 Å². The summed E-state index contributed by atoms with van der Waals surface area (Å²) in [4.78, 5) is 7.98. The Morgan fingerprint density at radius 3 is 2.75 bits per heavy atom. The lowest BCUT2D eigenvalue weighted by Gasteiger charge is -2.15. The van der Waals surface area contributed by atoms with Gasteiger partial charge in [0, 0.05) is 6.54 Å². The van der Waals surface area contributed by atoms with Gasteiger partial charge < -0.3 is 26.4 Å². The molecule has 1 saturated heterocycles. The Morgan fingerprint density at radius 2 is 2.10 bits per heavy atom. The Bertz CT molecular complexity index is 649. The molecule has 3 rings (SSSR count). The lowest BCUT2D eigenvalue weighted by Crippen LogP contribution is -2.35. The number of hydrogen-bond donors (Lipinski definition) is 4. The third-order valence-corrected chi connectivity index (χ3v) is 3.84. The number of nitrogens with zero attached hydrogens (tertiary/aromatic N) is 4. The molecule has 0 aromatic carbocycles. The molecule has 3 heterocycles.